The van der Waals surface area contributed by atoms with Gasteiger partial charge in [0.05, 0.1) is 25.3 Å². The van der Waals surface area contributed by atoms with E-state index < -0.39 is 0 Å². The highest BCUT2D eigenvalue weighted by atomic mass is 32.1. The average Bonchev–Trinajstić information content (AvgIpc) is 3.12. The van der Waals surface area contributed by atoms with Crippen LogP contribution in [-0.4, -0.2) is 57.2 Å². The smallest absolute Gasteiger partial charge is 0.233 e. The summed E-state index contributed by atoms with van der Waals surface area (Å²) in [6.07, 6.45) is 0.310. The average molecular weight is 400 g/mol. The molecule has 1 aromatic heterocycles. The van der Waals surface area contributed by atoms with E-state index in [0.717, 1.165) is 33.8 Å². The Morgan fingerprint density at radius 2 is 1.79 bits per heavy atom. The number of hydrogen-bond donors (Lipinski definition) is 0. The molecule has 0 saturated carbocycles. The number of likely N-dealkylation sites (N-methyl/N-ethyl adjacent to an activating group) is 1. The van der Waals surface area contributed by atoms with Crippen LogP contribution in [0.1, 0.15) is 5.56 Å². The van der Waals surface area contributed by atoms with Crippen molar-refractivity contribution in [1.29, 1.82) is 0 Å². The Labute approximate surface area is 169 Å². The van der Waals surface area contributed by atoms with Gasteiger partial charge >= 0.3 is 0 Å². The van der Waals surface area contributed by atoms with Crippen LogP contribution < -0.4 is 14.4 Å². The number of aromatic nitrogens is 1. The minimum Gasteiger partial charge on any atom is -0.497 e. The molecule has 1 heterocycles. The number of nitrogens with zero attached hydrogens (tertiary/aromatic N) is 3. The molecule has 0 unspecified atom stereocenters. The van der Waals surface area contributed by atoms with Crippen LogP contribution in [0.4, 0.5) is 5.13 Å². The van der Waals surface area contributed by atoms with Crippen LogP contribution >= 0.6 is 11.3 Å². The number of thiazole rings is 1. The minimum absolute atomic E-state index is 0.0186. The molecule has 0 saturated heterocycles. The number of methoxy groups -OCH3 is 2. The van der Waals surface area contributed by atoms with Crippen molar-refractivity contribution in [1.82, 2.24) is 9.88 Å². The summed E-state index contributed by atoms with van der Waals surface area (Å²) in [5.74, 6) is 1.51. The lowest BCUT2D eigenvalue weighted by Gasteiger charge is -2.22. The van der Waals surface area contributed by atoms with Crippen molar-refractivity contribution < 1.29 is 14.3 Å². The van der Waals surface area contributed by atoms with Gasteiger partial charge in [-0.2, -0.15) is 0 Å². The van der Waals surface area contributed by atoms with Crippen LogP contribution in [-0.2, 0) is 11.2 Å². The zero-order valence-electron chi connectivity index (χ0n) is 16.6. The van der Waals surface area contributed by atoms with E-state index in [9.17, 15) is 4.79 Å². The largest absolute Gasteiger partial charge is 0.497 e. The van der Waals surface area contributed by atoms with Gasteiger partial charge in [0.25, 0.3) is 0 Å². The lowest BCUT2D eigenvalue weighted by Crippen LogP contribution is -2.37. The van der Waals surface area contributed by atoms with Gasteiger partial charge in [0.1, 0.15) is 17.0 Å². The van der Waals surface area contributed by atoms with Gasteiger partial charge in [-0.3, -0.25) is 9.69 Å². The molecule has 28 heavy (non-hydrogen) atoms. The van der Waals surface area contributed by atoms with Crippen molar-refractivity contribution >= 4 is 32.6 Å². The van der Waals surface area contributed by atoms with Gasteiger partial charge in [0, 0.05) is 13.1 Å². The molecular weight excluding hydrogens is 374 g/mol. The number of fused-ring (bicyclic) bond motifs is 1. The number of benzene rings is 2. The first-order chi connectivity index (χ1) is 13.5. The third-order valence-electron chi connectivity index (χ3n) is 4.41. The van der Waals surface area contributed by atoms with Crippen molar-refractivity contribution in [2.24, 2.45) is 0 Å². The third-order valence-corrected chi connectivity index (χ3v) is 5.45. The van der Waals surface area contributed by atoms with E-state index in [1.807, 2.05) is 56.6 Å². The molecule has 148 valence electrons. The zero-order chi connectivity index (χ0) is 20.1. The van der Waals surface area contributed by atoms with Crippen LogP contribution in [0.2, 0.25) is 0 Å². The summed E-state index contributed by atoms with van der Waals surface area (Å²) in [6.45, 7) is 1.32. The van der Waals surface area contributed by atoms with E-state index in [1.165, 1.54) is 11.3 Å². The first-order valence-corrected chi connectivity index (χ1v) is 9.85. The standard InChI is InChI=1S/C21H25N3O3S/c1-23(2)12-13-24(19(25)14-15-8-10-16(26-3)11-9-15)21-22-20-17(27-4)6-5-7-18(20)28-21/h5-11H,12-14H2,1-4H3. The van der Waals surface area contributed by atoms with Gasteiger partial charge < -0.3 is 14.4 Å². The summed E-state index contributed by atoms with van der Waals surface area (Å²) < 4.78 is 11.6. The highest BCUT2D eigenvalue weighted by Gasteiger charge is 2.21. The summed E-state index contributed by atoms with van der Waals surface area (Å²) in [7, 11) is 7.25. The Hall–Kier alpha value is -2.64. The van der Waals surface area contributed by atoms with Crippen molar-refractivity contribution in [3.05, 3.63) is 48.0 Å². The predicted octanol–water partition coefficient (Wildman–Crippen LogP) is 3.45. The van der Waals surface area contributed by atoms with Crippen LogP contribution in [0.3, 0.4) is 0 Å². The number of ether oxygens (including phenoxy) is 2. The van der Waals surface area contributed by atoms with Crippen LogP contribution in [0, 0.1) is 0 Å². The van der Waals surface area contributed by atoms with Crippen LogP contribution in [0.5, 0.6) is 11.5 Å². The Kier molecular flexibility index (Phi) is 6.49. The summed E-state index contributed by atoms with van der Waals surface area (Å²) in [5, 5.41) is 0.694. The van der Waals surface area contributed by atoms with Gasteiger partial charge in [0.15, 0.2) is 5.13 Å². The maximum atomic E-state index is 13.1. The molecule has 0 bridgehead atoms. The predicted molar refractivity (Wildman–Crippen MR) is 114 cm³/mol. The fourth-order valence-electron chi connectivity index (χ4n) is 2.83. The molecule has 0 atom stereocenters. The highest BCUT2D eigenvalue weighted by Crippen LogP contribution is 2.34. The number of hydrogen-bond acceptors (Lipinski definition) is 6. The second-order valence-electron chi connectivity index (χ2n) is 6.68. The Bertz CT molecular complexity index is 938. The van der Waals surface area contributed by atoms with E-state index in [2.05, 4.69) is 4.90 Å². The number of rotatable bonds is 8. The minimum atomic E-state index is 0.0186. The van der Waals surface area contributed by atoms with Gasteiger partial charge in [-0.05, 0) is 43.9 Å². The highest BCUT2D eigenvalue weighted by molar-refractivity contribution is 7.22. The summed E-state index contributed by atoms with van der Waals surface area (Å²) in [6, 6.07) is 13.4. The molecule has 3 rings (SSSR count). The van der Waals surface area contributed by atoms with Crippen molar-refractivity contribution in [2.75, 3.05) is 46.3 Å². The molecule has 6 nitrogen and oxygen atoms in total. The fourth-order valence-corrected chi connectivity index (χ4v) is 3.86. The molecule has 0 aliphatic rings. The molecule has 0 N–H and O–H groups in total. The maximum Gasteiger partial charge on any atom is 0.233 e. The molecule has 0 aliphatic carbocycles. The van der Waals surface area contributed by atoms with Gasteiger partial charge in [-0.15, -0.1) is 0 Å². The van der Waals surface area contributed by atoms with Gasteiger partial charge in [0.2, 0.25) is 5.91 Å². The van der Waals surface area contributed by atoms with E-state index in [4.69, 9.17) is 14.5 Å². The molecular formula is C21H25N3O3S. The summed E-state index contributed by atoms with van der Waals surface area (Å²) in [4.78, 5) is 21.7. The van der Waals surface area contributed by atoms with Gasteiger partial charge in [-0.1, -0.05) is 29.5 Å². The molecule has 0 fully saturated rings. The quantitative estimate of drug-likeness (QED) is 0.581. The first-order valence-electron chi connectivity index (χ1n) is 9.03. The molecule has 0 radical (unpaired) electrons. The van der Waals surface area contributed by atoms with Crippen LogP contribution in [0.15, 0.2) is 42.5 Å². The Balaban J connectivity index is 1.88. The Morgan fingerprint density at radius 3 is 2.43 bits per heavy atom. The van der Waals surface area contributed by atoms with E-state index in [-0.39, 0.29) is 5.91 Å². The normalized spacial score (nSPS) is 11.0. The van der Waals surface area contributed by atoms with Crippen molar-refractivity contribution in [3.8, 4) is 11.5 Å². The topological polar surface area (TPSA) is 54.9 Å². The monoisotopic (exact) mass is 399 g/mol. The third kappa shape index (κ3) is 4.61. The lowest BCUT2D eigenvalue weighted by atomic mass is 10.1. The number of carbonyl (C=O) groups excluding carboxylic acids is 1. The molecule has 0 spiro atoms. The van der Waals surface area contributed by atoms with Gasteiger partial charge in [-0.25, -0.2) is 4.98 Å². The maximum absolute atomic E-state index is 13.1. The molecule has 0 aliphatic heterocycles. The molecule has 1 amide bonds. The molecule has 3 aromatic rings. The zero-order valence-corrected chi connectivity index (χ0v) is 17.5. The van der Waals surface area contributed by atoms with Crippen molar-refractivity contribution in [2.45, 2.75) is 6.42 Å². The van der Waals surface area contributed by atoms with E-state index >= 15 is 0 Å². The second kappa shape index (κ2) is 9.03. The number of amides is 1. The first kappa shape index (κ1) is 20.1. The number of para-hydroxylation sites is 1. The SMILES string of the molecule is COc1ccc(CC(=O)N(CCN(C)C)c2nc3c(OC)cccc3s2)cc1. The Morgan fingerprint density at radius 1 is 1.04 bits per heavy atom. The summed E-state index contributed by atoms with van der Waals surface area (Å²) >= 11 is 1.51. The number of carbonyl (C=O) groups is 1. The van der Waals surface area contributed by atoms with Crippen molar-refractivity contribution in [3.63, 3.8) is 0 Å². The van der Waals surface area contributed by atoms with Crippen LogP contribution in [0.25, 0.3) is 10.2 Å². The summed E-state index contributed by atoms with van der Waals surface area (Å²) in [5.41, 5.74) is 1.73. The second-order valence-corrected chi connectivity index (χ2v) is 7.69. The van der Waals surface area contributed by atoms with E-state index in [0.29, 0.717) is 18.1 Å². The fraction of sp³-hybridized carbons (Fsp3) is 0.333. The number of anilines is 1. The van der Waals surface area contributed by atoms with E-state index in [1.54, 1.807) is 19.1 Å². The molecule has 2 aromatic carbocycles. The molecule has 7 heteroatoms. The lowest BCUT2D eigenvalue weighted by molar-refractivity contribution is -0.118.